The van der Waals surface area contributed by atoms with Crippen molar-refractivity contribution in [3.63, 3.8) is 0 Å². The summed E-state index contributed by atoms with van der Waals surface area (Å²) >= 11 is 0. The van der Waals surface area contributed by atoms with E-state index in [1.807, 2.05) is 7.05 Å². The summed E-state index contributed by atoms with van der Waals surface area (Å²) < 4.78 is 7.86. The molecule has 1 atom stereocenters. The van der Waals surface area contributed by atoms with Gasteiger partial charge in [0.15, 0.2) is 0 Å². The summed E-state index contributed by atoms with van der Waals surface area (Å²) in [4.78, 5) is 0. The van der Waals surface area contributed by atoms with E-state index in [9.17, 15) is 0 Å². The van der Waals surface area contributed by atoms with Gasteiger partial charge in [0.1, 0.15) is 5.75 Å². The average molecular weight is 258 g/mol. The van der Waals surface area contributed by atoms with Gasteiger partial charge in [-0.3, -0.25) is 0 Å². The summed E-state index contributed by atoms with van der Waals surface area (Å²) in [5, 5.41) is 4.69. The molecule has 0 aliphatic heterocycles. The Morgan fingerprint density at radius 2 is 2.26 bits per heavy atom. The van der Waals surface area contributed by atoms with Gasteiger partial charge in [-0.05, 0) is 50.4 Å². The molecular formula is C16H22N2O. The SMILES string of the molecule is CNCC1CCc2c(c3cccc(OC)c3n2C)C1. The Balaban J connectivity index is 2.14. The minimum Gasteiger partial charge on any atom is -0.495 e. The molecule has 3 rings (SSSR count). The predicted octanol–water partition coefficient (Wildman–Crippen LogP) is 2.51. The van der Waals surface area contributed by atoms with E-state index in [4.69, 9.17) is 4.74 Å². The third-order valence-corrected chi connectivity index (χ3v) is 4.41. The van der Waals surface area contributed by atoms with Gasteiger partial charge < -0.3 is 14.6 Å². The van der Waals surface area contributed by atoms with E-state index in [1.54, 1.807) is 7.11 Å². The molecule has 3 heteroatoms. The average Bonchev–Trinajstić information content (AvgIpc) is 2.73. The molecule has 2 aromatic rings. The van der Waals surface area contributed by atoms with Crippen LogP contribution < -0.4 is 10.1 Å². The van der Waals surface area contributed by atoms with Crippen molar-refractivity contribution in [1.29, 1.82) is 0 Å². The van der Waals surface area contributed by atoms with E-state index in [1.165, 1.54) is 41.4 Å². The van der Waals surface area contributed by atoms with E-state index in [0.29, 0.717) is 0 Å². The first-order chi connectivity index (χ1) is 9.26. The van der Waals surface area contributed by atoms with Crippen molar-refractivity contribution in [2.24, 2.45) is 13.0 Å². The molecule has 1 aliphatic carbocycles. The van der Waals surface area contributed by atoms with Crippen LogP contribution in [0.2, 0.25) is 0 Å². The highest BCUT2D eigenvalue weighted by molar-refractivity contribution is 5.90. The molecule has 1 heterocycles. The molecule has 0 spiro atoms. The van der Waals surface area contributed by atoms with Gasteiger partial charge in [0.25, 0.3) is 0 Å². The van der Waals surface area contributed by atoms with Crippen molar-refractivity contribution in [3.05, 3.63) is 29.5 Å². The van der Waals surface area contributed by atoms with Crippen LogP contribution in [0.1, 0.15) is 17.7 Å². The topological polar surface area (TPSA) is 26.2 Å². The summed E-state index contributed by atoms with van der Waals surface area (Å²) in [6.07, 6.45) is 3.64. The lowest BCUT2D eigenvalue weighted by Crippen LogP contribution is -2.25. The van der Waals surface area contributed by atoms with Crippen LogP contribution in [-0.2, 0) is 19.9 Å². The molecule has 0 saturated carbocycles. The largest absolute Gasteiger partial charge is 0.495 e. The first-order valence-corrected chi connectivity index (χ1v) is 7.04. The zero-order chi connectivity index (χ0) is 13.4. The fraction of sp³-hybridized carbons (Fsp3) is 0.500. The van der Waals surface area contributed by atoms with Gasteiger partial charge in [0.05, 0.1) is 12.6 Å². The number of para-hydroxylation sites is 1. The highest BCUT2D eigenvalue weighted by Gasteiger charge is 2.25. The van der Waals surface area contributed by atoms with Gasteiger partial charge >= 0.3 is 0 Å². The number of hydrogen-bond donors (Lipinski definition) is 1. The van der Waals surface area contributed by atoms with Gasteiger partial charge in [-0.1, -0.05) is 12.1 Å². The quantitative estimate of drug-likeness (QED) is 0.915. The zero-order valence-corrected chi connectivity index (χ0v) is 12.0. The number of ether oxygens (including phenoxy) is 1. The summed E-state index contributed by atoms with van der Waals surface area (Å²) in [6, 6.07) is 6.39. The lowest BCUT2D eigenvalue weighted by molar-refractivity contribution is 0.417. The van der Waals surface area contributed by atoms with Gasteiger partial charge in [-0.25, -0.2) is 0 Å². The van der Waals surface area contributed by atoms with Crippen LogP contribution in [0.4, 0.5) is 0 Å². The molecule has 0 radical (unpaired) electrons. The fourth-order valence-electron chi connectivity index (χ4n) is 3.51. The van der Waals surface area contributed by atoms with Gasteiger partial charge in [0.2, 0.25) is 0 Å². The second kappa shape index (κ2) is 4.89. The van der Waals surface area contributed by atoms with Gasteiger partial charge in [-0.15, -0.1) is 0 Å². The second-order valence-corrected chi connectivity index (χ2v) is 5.51. The number of benzene rings is 1. The normalized spacial score (nSPS) is 18.6. The van der Waals surface area contributed by atoms with E-state index in [2.05, 4.69) is 35.1 Å². The number of nitrogens with one attached hydrogen (secondary N) is 1. The number of rotatable bonds is 3. The third-order valence-electron chi connectivity index (χ3n) is 4.41. The Kier molecular flexibility index (Phi) is 3.23. The summed E-state index contributed by atoms with van der Waals surface area (Å²) in [5.41, 5.74) is 4.27. The van der Waals surface area contributed by atoms with Crippen molar-refractivity contribution in [2.45, 2.75) is 19.3 Å². The van der Waals surface area contributed by atoms with Gasteiger partial charge in [0, 0.05) is 18.1 Å². The first kappa shape index (κ1) is 12.5. The lowest BCUT2D eigenvalue weighted by Gasteiger charge is -2.23. The first-order valence-electron chi connectivity index (χ1n) is 7.04. The van der Waals surface area contributed by atoms with Crippen LogP contribution in [0.5, 0.6) is 5.75 Å². The molecule has 19 heavy (non-hydrogen) atoms. The van der Waals surface area contributed by atoms with Crippen LogP contribution >= 0.6 is 0 Å². The van der Waals surface area contributed by atoms with Crippen LogP contribution in [0, 0.1) is 5.92 Å². The molecule has 1 aliphatic rings. The molecule has 0 bridgehead atoms. The van der Waals surface area contributed by atoms with E-state index in [-0.39, 0.29) is 0 Å². The second-order valence-electron chi connectivity index (χ2n) is 5.51. The lowest BCUT2D eigenvalue weighted by atomic mass is 9.86. The molecule has 0 saturated heterocycles. The Hall–Kier alpha value is -1.48. The highest BCUT2D eigenvalue weighted by atomic mass is 16.5. The van der Waals surface area contributed by atoms with Crippen molar-refractivity contribution >= 4 is 10.9 Å². The molecule has 3 nitrogen and oxygen atoms in total. The Labute approximate surface area is 114 Å². The molecule has 1 aromatic carbocycles. The minimum atomic E-state index is 0.759. The Morgan fingerprint density at radius 3 is 3.00 bits per heavy atom. The van der Waals surface area contributed by atoms with Crippen molar-refractivity contribution in [1.82, 2.24) is 9.88 Å². The Morgan fingerprint density at radius 1 is 1.42 bits per heavy atom. The third kappa shape index (κ3) is 1.93. The highest BCUT2D eigenvalue weighted by Crippen LogP contribution is 2.37. The molecular weight excluding hydrogens is 236 g/mol. The number of fused-ring (bicyclic) bond motifs is 3. The maximum atomic E-state index is 5.53. The van der Waals surface area contributed by atoms with Gasteiger partial charge in [-0.2, -0.15) is 0 Å². The van der Waals surface area contributed by atoms with Crippen LogP contribution in [0.15, 0.2) is 18.2 Å². The van der Waals surface area contributed by atoms with E-state index < -0.39 is 0 Å². The number of nitrogens with zero attached hydrogens (tertiary/aromatic N) is 1. The molecule has 0 amide bonds. The van der Waals surface area contributed by atoms with Crippen molar-refractivity contribution in [3.8, 4) is 5.75 Å². The van der Waals surface area contributed by atoms with E-state index in [0.717, 1.165) is 18.2 Å². The maximum Gasteiger partial charge on any atom is 0.143 e. The van der Waals surface area contributed by atoms with Crippen molar-refractivity contribution < 1.29 is 4.74 Å². The van der Waals surface area contributed by atoms with Crippen LogP contribution in [-0.4, -0.2) is 25.3 Å². The Bertz CT molecular complexity index is 600. The number of aromatic nitrogens is 1. The van der Waals surface area contributed by atoms with Crippen molar-refractivity contribution in [2.75, 3.05) is 20.7 Å². The van der Waals surface area contributed by atoms with E-state index >= 15 is 0 Å². The zero-order valence-electron chi connectivity index (χ0n) is 12.0. The molecule has 102 valence electrons. The fourth-order valence-corrected chi connectivity index (χ4v) is 3.51. The molecule has 0 fully saturated rings. The van der Waals surface area contributed by atoms with Crippen LogP contribution in [0.3, 0.4) is 0 Å². The summed E-state index contributed by atoms with van der Waals surface area (Å²) in [7, 11) is 5.97. The molecule has 1 N–H and O–H groups in total. The smallest absolute Gasteiger partial charge is 0.143 e. The maximum absolute atomic E-state index is 5.53. The number of hydrogen-bond acceptors (Lipinski definition) is 2. The predicted molar refractivity (Wildman–Crippen MR) is 78.9 cm³/mol. The summed E-state index contributed by atoms with van der Waals surface area (Å²) in [5.74, 6) is 1.74. The summed E-state index contributed by atoms with van der Waals surface area (Å²) in [6.45, 7) is 1.11. The van der Waals surface area contributed by atoms with Crippen LogP contribution in [0.25, 0.3) is 10.9 Å². The molecule has 1 aromatic heterocycles. The standard InChI is InChI=1S/C16H22N2O/c1-17-10-11-7-8-14-13(9-11)12-5-4-6-15(19-3)16(12)18(14)2/h4-6,11,17H,7-10H2,1-3H3. The minimum absolute atomic E-state index is 0.759. The number of methoxy groups -OCH3 is 1. The molecule has 1 unspecified atom stereocenters. The number of aryl methyl sites for hydroxylation is 1. The monoisotopic (exact) mass is 258 g/mol.